The van der Waals surface area contributed by atoms with Crippen LogP contribution in [0, 0.1) is 12.8 Å². The summed E-state index contributed by atoms with van der Waals surface area (Å²) < 4.78 is 10.4. The van der Waals surface area contributed by atoms with Crippen LogP contribution >= 0.6 is 0 Å². The van der Waals surface area contributed by atoms with Crippen molar-refractivity contribution in [2.45, 2.75) is 51.5 Å². The fourth-order valence-electron chi connectivity index (χ4n) is 4.21. The monoisotopic (exact) mass is 538 g/mol. The number of aliphatic carboxylic acids is 1. The second-order valence-electron chi connectivity index (χ2n) is 9.79. The van der Waals surface area contributed by atoms with E-state index in [1.807, 2.05) is 0 Å². The number of amides is 1. The van der Waals surface area contributed by atoms with Crippen LogP contribution in [0.2, 0.25) is 0 Å². The van der Waals surface area contributed by atoms with Gasteiger partial charge >= 0.3 is 12.1 Å². The third kappa shape index (κ3) is 8.28. The van der Waals surface area contributed by atoms with E-state index in [1.54, 1.807) is 51.4 Å². The van der Waals surface area contributed by atoms with Crippen molar-refractivity contribution in [2.75, 3.05) is 36.6 Å². The van der Waals surface area contributed by atoms with E-state index in [-0.39, 0.29) is 18.3 Å². The maximum absolute atomic E-state index is 12.1. The number of carboxylic acids is 1. The number of ether oxygens (including phenoxy) is 1. The van der Waals surface area contributed by atoms with Gasteiger partial charge in [0.1, 0.15) is 11.8 Å². The molecule has 2 aromatic heterocycles. The second-order valence-corrected chi connectivity index (χ2v) is 9.79. The fourth-order valence-corrected chi connectivity index (χ4v) is 4.21. The molecule has 0 radical (unpaired) electrons. The summed E-state index contributed by atoms with van der Waals surface area (Å²) in [6.07, 6.45) is 5.64. The highest BCUT2D eigenvalue weighted by Gasteiger charge is 2.21. The normalized spacial score (nSPS) is 14.3. The molecule has 208 valence electrons. The molecule has 1 saturated carbocycles. The molecule has 0 saturated heterocycles. The lowest BCUT2D eigenvalue weighted by Gasteiger charge is -2.22. The van der Waals surface area contributed by atoms with Crippen LogP contribution in [0.25, 0.3) is 0 Å². The van der Waals surface area contributed by atoms with Crippen molar-refractivity contribution in [2.24, 2.45) is 5.92 Å². The molecule has 1 aromatic carbocycles. The second kappa shape index (κ2) is 12.9. The highest BCUT2D eigenvalue weighted by molar-refractivity contribution is 5.77. The first-order valence-corrected chi connectivity index (χ1v) is 12.9. The van der Waals surface area contributed by atoms with E-state index in [4.69, 9.17) is 9.26 Å². The number of aryl methyl sites for hydroxylation is 1. The van der Waals surface area contributed by atoms with Crippen LogP contribution in [0.4, 0.5) is 28.5 Å². The summed E-state index contributed by atoms with van der Waals surface area (Å²) in [7, 11) is 3.18. The van der Waals surface area contributed by atoms with Crippen molar-refractivity contribution in [3.8, 4) is 5.75 Å². The van der Waals surface area contributed by atoms with E-state index in [0.29, 0.717) is 29.2 Å². The van der Waals surface area contributed by atoms with Crippen molar-refractivity contribution in [3.63, 3.8) is 0 Å². The molecular weight excluding hydrogens is 504 g/mol. The lowest BCUT2D eigenvalue weighted by molar-refractivity contribution is -0.137. The summed E-state index contributed by atoms with van der Waals surface area (Å²) >= 11 is 0. The van der Waals surface area contributed by atoms with Gasteiger partial charge in [0.25, 0.3) is 0 Å². The van der Waals surface area contributed by atoms with Gasteiger partial charge in [-0.25, -0.2) is 9.59 Å². The van der Waals surface area contributed by atoms with Crippen LogP contribution in [0.15, 0.2) is 34.9 Å². The van der Waals surface area contributed by atoms with Crippen molar-refractivity contribution in [3.05, 3.63) is 41.6 Å². The zero-order valence-electron chi connectivity index (χ0n) is 22.3. The number of carboxylic acid groups (broad SMARTS) is 1. The summed E-state index contributed by atoms with van der Waals surface area (Å²) in [6.45, 7) is 2.51. The Morgan fingerprint density at radius 2 is 1.77 bits per heavy atom. The largest absolute Gasteiger partial charge is 0.480 e. The van der Waals surface area contributed by atoms with Gasteiger partial charge in [0.2, 0.25) is 23.7 Å². The number of carbonyl (C=O) groups is 2. The van der Waals surface area contributed by atoms with Crippen molar-refractivity contribution in [1.29, 1.82) is 0 Å². The lowest BCUT2D eigenvalue weighted by Crippen LogP contribution is -2.32. The summed E-state index contributed by atoms with van der Waals surface area (Å²) in [5, 5.41) is 22.9. The van der Waals surface area contributed by atoms with E-state index in [2.05, 4.69) is 36.1 Å². The van der Waals surface area contributed by atoms with E-state index in [9.17, 15) is 14.7 Å². The molecule has 1 atom stereocenters. The van der Waals surface area contributed by atoms with Crippen LogP contribution in [0.3, 0.4) is 0 Å². The first kappa shape index (κ1) is 27.6. The molecule has 4 N–H and O–H groups in total. The minimum Gasteiger partial charge on any atom is -0.480 e. The van der Waals surface area contributed by atoms with Gasteiger partial charge < -0.3 is 29.9 Å². The number of carbonyl (C=O) groups excluding carboxylic acids is 1. The minimum absolute atomic E-state index is 0.0961. The Kier molecular flexibility index (Phi) is 9.13. The first-order chi connectivity index (χ1) is 18.7. The van der Waals surface area contributed by atoms with Crippen molar-refractivity contribution < 1.29 is 24.0 Å². The molecule has 1 aliphatic carbocycles. The van der Waals surface area contributed by atoms with Crippen LogP contribution in [0.5, 0.6) is 5.75 Å². The summed E-state index contributed by atoms with van der Waals surface area (Å²) in [4.78, 5) is 38.4. The Hall–Kier alpha value is -4.42. The number of aromatic nitrogens is 4. The number of nitrogens with zero attached hydrogens (tertiary/aromatic N) is 5. The van der Waals surface area contributed by atoms with Gasteiger partial charge in [0.05, 0.1) is 5.69 Å². The molecule has 0 bridgehead atoms. The molecule has 3 aromatic rings. The number of hydrogen-bond donors (Lipinski definition) is 4. The Morgan fingerprint density at radius 3 is 2.41 bits per heavy atom. The summed E-state index contributed by atoms with van der Waals surface area (Å²) in [5.74, 6) is 0.787. The molecule has 1 aliphatic rings. The van der Waals surface area contributed by atoms with Gasteiger partial charge in [0.15, 0.2) is 0 Å². The van der Waals surface area contributed by atoms with Gasteiger partial charge in [-0.2, -0.15) is 15.0 Å². The smallest absolute Gasteiger partial charge is 0.414 e. The minimum atomic E-state index is -1.07. The van der Waals surface area contributed by atoms with Gasteiger partial charge in [0, 0.05) is 33.1 Å². The van der Waals surface area contributed by atoms with E-state index in [1.165, 1.54) is 24.2 Å². The number of hydrogen-bond acceptors (Lipinski definition) is 11. The molecular formula is C26H34N8O5. The van der Waals surface area contributed by atoms with Crippen LogP contribution < -0.4 is 20.7 Å². The van der Waals surface area contributed by atoms with Crippen LogP contribution in [-0.4, -0.2) is 68.9 Å². The maximum Gasteiger partial charge on any atom is 0.414 e. The highest BCUT2D eigenvalue weighted by Crippen LogP contribution is 2.24. The molecule has 1 fully saturated rings. The Labute approximate surface area is 226 Å². The lowest BCUT2D eigenvalue weighted by atomic mass is 9.89. The van der Waals surface area contributed by atoms with Crippen LogP contribution in [0.1, 0.15) is 43.4 Å². The first-order valence-electron chi connectivity index (χ1n) is 12.9. The predicted molar refractivity (Wildman–Crippen MR) is 144 cm³/mol. The fraction of sp³-hybridized carbons (Fsp3) is 0.462. The van der Waals surface area contributed by atoms with Gasteiger partial charge in [-0.15, -0.1) is 0 Å². The molecule has 1 amide bonds. The molecule has 0 unspecified atom stereocenters. The molecule has 0 aliphatic heterocycles. The number of anilines is 4. The number of nitrogens with one attached hydrogen (secondary N) is 3. The van der Waals surface area contributed by atoms with E-state index in [0.717, 1.165) is 24.9 Å². The predicted octanol–water partition coefficient (Wildman–Crippen LogP) is 4.07. The van der Waals surface area contributed by atoms with E-state index >= 15 is 0 Å². The molecule has 0 spiro atoms. The number of benzene rings is 1. The van der Waals surface area contributed by atoms with Gasteiger partial charge in [-0.05, 0) is 43.4 Å². The Morgan fingerprint density at radius 1 is 1.08 bits per heavy atom. The Bertz CT molecular complexity index is 1260. The molecule has 13 heteroatoms. The quantitative estimate of drug-likeness (QED) is 0.277. The van der Waals surface area contributed by atoms with Crippen molar-refractivity contribution >= 4 is 35.8 Å². The average molecular weight is 539 g/mol. The van der Waals surface area contributed by atoms with Crippen molar-refractivity contribution in [1.82, 2.24) is 25.0 Å². The zero-order chi connectivity index (χ0) is 27.8. The topological polar surface area (TPSA) is 168 Å². The molecule has 4 rings (SSSR count). The van der Waals surface area contributed by atoms with Gasteiger partial charge in [-0.1, -0.05) is 36.6 Å². The third-order valence-electron chi connectivity index (χ3n) is 6.31. The molecule has 13 nitrogen and oxygen atoms in total. The van der Waals surface area contributed by atoms with E-state index < -0.39 is 18.1 Å². The number of rotatable bonds is 11. The summed E-state index contributed by atoms with van der Waals surface area (Å²) in [5.41, 5.74) is 1.41. The SMILES string of the molecule is Cc1cc(Nc2nc(NCC3CCCCC3)nc(N[C@@H](Cc3ccc(OC(=O)N(C)C)cc3)C(=O)O)n2)on1. The molecule has 2 heterocycles. The van der Waals surface area contributed by atoms with Gasteiger partial charge in [-0.3, -0.25) is 5.32 Å². The maximum atomic E-state index is 12.1. The average Bonchev–Trinajstić information content (AvgIpc) is 3.32. The summed E-state index contributed by atoms with van der Waals surface area (Å²) in [6, 6.07) is 7.32. The Balaban J connectivity index is 1.48. The zero-order valence-corrected chi connectivity index (χ0v) is 22.3. The third-order valence-corrected chi connectivity index (χ3v) is 6.31. The highest BCUT2D eigenvalue weighted by atomic mass is 16.6. The van der Waals surface area contributed by atoms with Crippen LogP contribution in [-0.2, 0) is 11.2 Å². The molecule has 39 heavy (non-hydrogen) atoms. The standard InChI is InChI=1S/C26H34N8O5/c1-16-13-21(39-33-16)29-25-31-23(27-15-18-7-5-4-6-8-18)30-24(32-25)28-20(22(35)36)14-17-9-11-19(12-10-17)38-26(37)34(2)3/h9-13,18,20H,4-8,14-15H2,1-3H3,(H,35,36)(H3,27,28,29,30,31,32)/t20-/m0/s1.